The zero-order chi connectivity index (χ0) is 41.5. The molecule has 0 saturated carbocycles. The molecule has 8 rings (SSSR count). The van der Waals surface area contributed by atoms with Crippen LogP contribution in [0.1, 0.15) is 51.1 Å². The number of pyridine rings is 1. The molecule has 310 valence electrons. The van der Waals surface area contributed by atoms with Gasteiger partial charge in [-0.3, -0.25) is 34.1 Å². The van der Waals surface area contributed by atoms with Crippen molar-refractivity contribution in [3.63, 3.8) is 0 Å². The third-order valence-electron chi connectivity index (χ3n) is 12.1. The van der Waals surface area contributed by atoms with Crippen LogP contribution in [-0.4, -0.2) is 105 Å². The molecule has 3 atom stereocenters. The smallest absolute Gasteiger partial charge is 0.293 e. The van der Waals surface area contributed by atoms with Crippen molar-refractivity contribution >= 4 is 74.3 Å². The highest BCUT2D eigenvalue weighted by Crippen LogP contribution is 2.37. The standard InChI is InChI=1S/C42H50ClN11O5/c1-24-20-53(42-45-19-31(43)39(48-42)46-28-9-11-32-27(17-28)18-34(41(58)50(32)4)59-23-36(56)44-3)21-25(2)54(24)22-26-13-15-52(16-14-26)33-8-6-7-29-37(49-51(5)38(29)33)30-10-12-35(55)47-40(30)57/h6-9,11,17-19,24-26,30H,10,12-16,20-23H2,1-5H3,(H,44,56)(H,45,46,48)(H,47,55,57). The number of nitrogens with zero attached hydrogens (tertiary/aromatic N) is 8. The van der Waals surface area contributed by atoms with E-state index < -0.39 is 5.92 Å². The number of para-hydroxylation sites is 1. The maximum absolute atomic E-state index is 12.8. The van der Waals surface area contributed by atoms with Gasteiger partial charge in [-0.05, 0) is 69.4 Å². The Morgan fingerprint density at radius 3 is 2.49 bits per heavy atom. The highest BCUT2D eigenvalue weighted by molar-refractivity contribution is 6.33. The minimum atomic E-state index is -0.429. The summed E-state index contributed by atoms with van der Waals surface area (Å²) in [4.78, 5) is 65.9. The van der Waals surface area contributed by atoms with Gasteiger partial charge in [0.1, 0.15) is 5.02 Å². The van der Waals surface area contributed by atoms with Crippen LogP contribution in [0, 0.1) is 5.92 Å². The van der Waals surface area contributed by atoms with Gasteiger partial charge in [0.25, 0.3) is 11.5 Å². The number of piperidine rings is 2. The second kappa shape index (κ2) is 16.5. The summed E-state index contributed by atoms with van der Waals surface area (Å²) in [5.74, 6) is 0.454. The number of piperazine rings is 1. The monoisotopic (exact) mass is 823 g/mol. The highest BCUT2D eigenvalue weighted by Gasteiger charge is 2.35. The number of halogens is 1. The molecule has 0 spiro atoms. The van der Waals surface area contributed by atoms with E-state index >= 15 is 0 Å². The van der Waals surface area contributed by atoms with Gasteiger partial charge in [-0.1, -0.05) is 23.7 Å². The number of hydrogen-bond donors (Lipinski definition) is 3. The molecule has 3 aliphatic rings. The molecule has 3 aromatic heterocycles. The first-order valence-corrected chi connectivity index (χ1v) is 20.6. The number of fused-ring (bicyclic) bond motifs is 2. The van der Waals surface area contributed by atoms with E-state index in [-0.39, 0.29) is 47.7 Å². The predicted octanol–water partition coefficient (Wildman–Crippen LogP) is 4.07. The van der Waals surface area contributed by atoms with Gasteiger partial charge in [0, 0.05) is 88.8 Å². The first-order valence-electron chi connectivity index (χ1n) is 20.2. The maximum atomic E-state index is 12.8. The first kappa shape index (κ1) is 40.1. The van der Waals surface area contributed by atoms with E-state index in [4.69, 9.17) is 26.4 Å². The summed E-state index contributed by atoms with van der Waals surface area (Å²) in [6.45, 7) is 8.69. The Labute approximate surface area is 346 Å². The summed E-state index contributed by atoms with van der Waals surface area (Å²) in [7, 11) is 5.11. The zero-order valence-corrected chi connectivity index (χ0v) is 34.8. The fourth-order valence-electron chi connectivity index (χ4n) is 8.93. The minimum absolute atomic E-state index is 0.0815. The Hall–Kier alpha value is -5.74. The molecule has 3 aliphatic heterocycles. The van der Waals surface area contributed by atoms with E-state index in [9.17, 15) is 19.2 Å². The first-order chi connectivity index (χ1) is 28.4. The molecule has 17 heteroatoms. The number of rotatable bonds is 10. The summed E-state index contributed by atoms with van der Waals surface area (Å²) >= 11 is 6.63. The van der Waals surface area contributed by atoms with Gasteiger partial charge in [-0.15, -0.1) is 0 Å². The fraction of sp³-hybridized carbons (Fsp3) is 0.452. The number of carbonyl (C=O) groups is 3. The van der Waals surface area contributed by atoms with Crippen molar-refractivity contribution in [3.05, 3.63) is 69.7 Å². The van der Waals surface area contributed by atoms with E-state index in [1.165, 1.54) is 11.6 Å². The van der Waals surface area contributed by atoms with Crippen molar-refractivity contribution < 1.29 is 19.1 Å². The van der Waals surface area contributed by atoms with Crippen molar-refractivity contribution in [1.29, 1.82) is 0 Å². The van der Waals surface area contributed by atoms with Gasteiger partial charge in [-0.25, -0.2) is 4.98 Å². The quantitative estimate of drug-likeness (QED) is 0.173. The topological polar surface area (TPSA) is 172 Å². The summed E-state index contributed by atoms with van der Waals surface area (Å²) in [6.07, 6.45) is 4.56. The molecule has 3 saturated heterocycles. The molecule has 3 fully saturated rings. The molecule has 59 heavy (non-hydrogen) atoms. The molecule has 6 heterocycles. The lowest BCUT2D eigenvalue weighted by atomic mass is 9.92. The van der Waals surface area contributed by atoms with Gasteiger partial charge in [0.15, 0.2) is 18.2 Å². The number of hydrogen-bond acceptors (Lipinski definition) is 12. The van der Waals surface area contributed by atoms with E-state index in [2.05, 4.69) is 55.5 Å². The molecule has 0 radical (unpaired) electrons. The van der Waals surface area contributed by atoms with Crippen LogP contribution in [-0.2, 0) is 28.5 Å². The normalized spacial score (nSPS) is 20.6. The summed E-state index contributed by atoms with van der Waals surface area (Å²) in [6, 6.07) is 14.0. The number of ether oxygens (including phenoxy) is 1. The number of likely N-dealkylation sites (N-methyl/N-ethyl adjacent to an activating group) is 1. The van der Waals surface area contributed by atoms with E-state index in [0.29, 0.717) is 46.8 Å². The van der Waals surface area contributed by atoms with Crippen LogP contribution in [0.2, 0.25) is 5.02 Å². The van der Waals surface area contributed by atoms with Gasteiger partial charge in [0.05, 0.1) is 34.5 Å². The van der Waals surface area contributed by atoms with Crippen molar-refractivity contribution in [1.82, 2.24) is 39.8 Å². The lowest BCUT2D eigenvalue weighted by Crippen LogP contribution is -2.58. The number of benzene rings is 2. The summed E-state index contributed by atoms with van der Waals surface area (Å²) < 4.78 is 8.91. The van der Waals surface area contributed by atoms with Crippen molar-refractivity contribution in [2.24, 2.45) is 20.0 Å². The summed E-state index contributed by atoms with van der Waals surface area (Å²) in [5.41, 5.74) is 3.98. The van der Waals surface area contributed by atoms with Gasteiger partial charge >= 0.3 is 0 Å². The van der Waals surface area contributed by atoms with Gasteiger partial charge in [0.2, 0.25) is 17.8 Å². The molecular weight excluding hydrogens is 774 g/mol. The Balaban J connectivity index is 0.901. The average molecular weight is 824 g/mol. The number of nitrogens with one attached hydrogen (secondary N) is 3. The number of amides is 3. The third kappa shape index (κ3) is 8.02. The summed E-state index contributed by atoms with van der Waals surface area (Å²) in [5, 5.41) is 15.2. The number of anilines is 4. The minimum Gasteiger partial charge on any atom is -0.478 e. The molecule has 3 N–H and O–H groups in total. The van der Waals surface area contributed by atoms with E-state index in [1.807, 2.05) is 42.1 Å². The van der Waals surface area contributed by atoms with Crippen LogP contribution in [0.5, 0.6) is 5.75 Å². The Morgan fingerprint density at radius 1 is 1.00 bits per heavy atom. The van der Waals surface area contributed by atoms with Crippen LogP contribution in [0.3, 0.4) is 0 Å². The van der Waals surface area contributed by atoms with Crippen molar-refractivity contribution in [2.75, 3.05) is 61.5 Å². The van der Waals surface area contributed by atoms with Gasteiger partial charge < -0.3 is 29.7 Å². The van der Waals surface area contributed by atoms with Crippen LogP contribution in [0.25, 0.3) is 21.8 Å². The maximum Gasteiger partial charge on any atom is 0.293 e. The number of aromatic nitrogens is 5. The average Bonchev–Trinajstić information content (AvgIpc) is 3.56. The lowest BCUT2D eigenvalue weighted by molar-refractivity contribution is -0.134. The molecule has 5 aromatic rings. The Bertz CT molecular complexity index is 2480. The molecule has 16 nitrogen and oxygen atoms in total. The molecule has 0 bridgehead atoms. The lowest BCUT2D eigenvalue weighted by Gasteiger charge is -2.46. The highest BCUT2D eigenvalue weighted by atomic mass is 35.5. The molecule has 0 aliphatic carbocycles. The second-order valence-electron chi connectivity index (χ2n) is 16.0. The molecule has 2 aromatic carbocycles. The van der Waals surface area contributed by atoms with Crippen molar-refractivity contribution in [2.45, 2.75) is 57.5 Å². The van der Waals surface area contributed by atoms with Crippen LogP contribution >= 0.6 is 11.6 Å². The molecule has 3 amide bonds. The van der Waals surface area contributed by atoms with Gasteiger partial charge in [-0.2, -0.15) is 10.1 Å². The van der Waals surface area contributed by atoms with Crippen LogP contribution < -0.4 is 36.0 Å². The number of carbonyl (C=O) groups excluding carboxylic acids is 3. The predicted molar refractivity (Wildman–Crippen MR) is 228 cm³/mol. The third-order valence-corrected chi connectivity index (χ3v) is 12.3. The molecule has 3 unspecified atom stereocenters. The van der Waals surface area contributed by atoms with E-state index in [1.54, 1.807) is 19.3 Å². The van der Waals surface area contributed by atoms with Crippen LogP contribution in [0.4, 0.5) is 23.1 Å². The number of imide groups is 1. The molecular formula is C42H50ClN11O5. The Kier molecular flexibility index (Phi) is 11.2. The number of aryl methyl sites for hydroxylation is 2. The largest absolute Gasteiger partial charge is 0.478 e. The van der Waals surface area contributed by atoms with Crippen molar-refractivity contribution in [3.8, 4) is 5.75 Å². The second-order valence-corrected chi connectivity index (χ2v) is 16.4. The Morgan fingerprint density at radius 2 is 1.76 bits per heavy atom. The zero-order valence-electron chi connectivity index (χ0n) is 34.0. The van der Waals surface area contributed by atoms with E-state index in [0.717, 1.165) is 73.2 Å². The SMILES string of the molecule is CNC(=O)COc1cc2cc(Nc3nc(N4CC(C)N(CC5CCN(c6cccc7c(C8CCC(=O)NC8=O)nn(C)c67)CC5)C(C)C4)ncc3Cl)ccc2n(C)c1=O. The van der Waals surface area contributed by atoms with Crippen LogP contribution in [0.15, 0.2) is 53.5 Å². The fourth-order valence-corrected chi connectivity index (χ4v) is 9.07.